The fraction of sp³-hybridized carbons (Fsp3) is 0.286. The van der Waals surface area contributed by atoms with Crippen LogP contribution >= 0.6 is 11.6 Å². The number of ether oxygens (including phenoxy) is 1. The minimum atomic E-state index is -2.80. The van der Waals surface area contributed by atoms with Crippen LogP contribution in [0.1, 0.15) is 12.1 Å². The van der Waals surface area contributed by atoms with Crippen molar-refractivity contribution in [3.63, 3.8) is 0 Å². The van der Waals surface area contributed by atoms with Crippen LogP contribution < -0.4 is 4.74 Å². The lowest BCUT2D eigenvalue weighted by molar-refractivity contribution is 0.144. The summed E-state index contributed by atoms with van der Waals surface area (Å²) in [5, 5.41) is -0.429. The summed E-state index contributed by atoms with van der Waals surface area (Å²) in [6.45, 7) is 0. The molecular weight excluding hydrogens is 207 g/mol. The number of methoxy groups -OCH3 is 1. The molecule has 0 saturated heterocycles. The van der Waals surface area contributed by atoms with E-state index in [-0.39, 0.29) is 0 Å². The molecule has 0 amide bonds. The van der Waals surface area contributed by atoms with Gasteiger partial charge in [-0.1, -0.05) is 11.6 Å². The van der Waals surface area contributed by atoms with Crippen molar-refractivity contribution in [2.24, 2.45) is 0 Å². The van der Waals surface area contributed by atoms with Crippen LogP contribution in [-0.4, -0.2) is 12.1 Å². The number of hydrogen-bond acceptors (Lipinski definition) is 2. The summed E-state index contributed by atoms with van der Waals surface area (Å²) < 4.78 is 41.5. The van der Waals surface area contributed by atoms with E-state index in [1.807, 2.05) is 0 Å². The molecule has 0 atom stereocenters. The Bertz CT molecular complexity index is 319. The summed E-state index contributed by atoms with van der Waals surface area (Å²) in [6, 6.07) is 0.768. The van der Waals surface area contributed by atoms with Crippen LogP contribution in [0, 0.1) is 5.82 Å². The zero-order valence-corrected chi connectivity index (χ0v) is 7.28. The van der Waals surface area contributed by atoms with Gasteiger partial charge in [0.1, 0.15) is 5.69 Å². The molecule has 0 aliphatic carbocycles. The molecule has 0 aliphatic rings. The van der Waals surface area contributed by atoms with E-state index < -0.39 is 28.8 Å². The monoisotopic (exact) mass is 211 g/mol. The Morgan fingerprint density at radius 2 is 2.15 bits per heavy atom. The van der Waals surface area contributed by atoms with Gasteiger partial charge in [-0.2, -0.15) is 4.39 Å². The highest BCUT2D eigenvalue weighted by atomic mass is 35.5. The van der Waals surface area contributed by atoms with Crippen LogP contribution in [0.25, 0.3) is 0 Å². The van der Waals surface area contributed by atoms with Gasteiger partial charge in [0.25, 0.3) is 12.3 Å². The highest BCUT2D eigenvalue weighted by Crippen LogP contribution is 2.27. The van der Waals surface area contributed by atoms with E-state index in [9.17, 15) is 13.2 Å². The Morgan fingerprint density at radius 1 is 1.54 bits per heavy atom. The van der Waals surface area contributed by atoms with Gasteiger partial charge in [0, 0.05) is 0 Å². The first kappa shape index (κ1) is 10.1. The Morgan fingerprint density at radius 3 is 2.62 bits per heavy atom. The third kappa shape index (κ3) is 2.03. The van der Waals surface area contributed by atoms with Crippen molar-refractivity contribution in [1.82, 2.24) is 4.98 Å². The van der Waals surface area contributed by atoms with Crippen molar-refractivity contribution < 1.29 is 17.9 Å². The third-order valence-corrected chi connectivity index (χ3v) is 1.59. The standard InChI is InChI=1S/C7H5ClF3NO/c1-13-7-5(9)3(8)2-4(12-7)6(10)11/h2,6H,1H3. The third-order valence-electron chi connectivity index (χ3n) is 1.32. The predicted octanol–water partition coefficient (Wildman–Crippen LogP) is 2.82. The molecule has 1 aromatic rings. The zero-order chi connectivity index (χ0) is 10.0. The number of rotatable bonds is 2. The average Bonchev–Trinajstić information content (AvgIpc) is 2.09. The fourth-order valence-electron chi connectivity index (χ4n) is 0.741. The second-order valence-electron chi connectivity index (χ2n) is 2.15. The molecule has 0 unspecified atom stereocenters. The molecule has 13 heavy (non-hydrogen) atoms. The van der Waals surface area contributed by atoms with Crippen LogP contribution in [0.5, 0.6) is 5.88 Å². The maximum absolute atomic E-state index is 12.9. The van der Waals surface area contributed by atoms with Crippen LogP contribution in [0.3, 0.4) is 0 Å². The lowest BCUT2D eigenvalue weighted by Gasteiger charge is -2.05. The van der Waals surface area contributed by atoms with Crippen molar-refractivity contribution in [3.05, 3.63) is 22.6 Å². The first-order chi connectivity index (χ1) is 6.06. The summed E-state index contributed by atoms with van der Waals surface area (Å²) in [5.41, 5.74) is -0.608. The molecule has 0 saturated carbocycles. The Kier molecular flexibility index (Phi) is 2.98. The fourth-order valence-corrected chi connectivity index (χ4v) is 0.934. The van der Waals surface area contributed by atoms with E-state index >= 15 is 0 Å². The Balaban J connectivity index is 3.22. The Labute approximate surface area is 77.3 Å². The first-order valence-electron chi connectivity index (χ1n) is 3.24. The van der Waals surface area contributed by atoms with Crippen molar-refractivity contribution in [2.75, 3.05) is 7.11 Å². The van der Waals surface area contributed by atoms with Gasteiger partial charge in [0.15, 0.2) is 0 Å². The molecule has 0 aliphatic heterocycles. The molecule has 0 bridgehead atoms. The van der Waals surface area contributed by atoms with Gasteiger partial charge in [0.05, 0.1) is 12.1 Å². The molecule has 1 rings (SSSR count). The van der Waals surface area contributed by atoms with Gasteiger partial charge in [-0.25, -0.2) is 13.8 Å². The number of halogens is 4. The second-order valence-corrected chi connectivity index (χ2v) is 2.56. The number of alkyl halides is 2. The molecule has 1 heterocycles. The summed E-state index contributed by atoms with van der Waals surface area (Å²) in [5.74, 6) is -1.46. The molecule has 6 heteroatoms. The van der Waals surface area contributed by atoms with Gasteiger partial charge in [0.2, 0.25) is 5.82 Å². The highest BCUT2D eigenvalue weighted by molar-refractivity contribution is 6.30. The van der Waals surface area contributed by atoms with Crippen molar-refractivity contribution >= 4 is 11.6 Å². The maximum atomic E-state index is 12.9. The van der Waals surface area contributed by atoms with E-state index in [0.717, 1.165) is 13.2 Å². The molecular formula is C7H5ClF3NO. The quantitative estimate of drug-likeness (QED) is 0.751. The lowest BCUT2D eigenvalue weighted by Crippen LogP contribution is -1.98. The summed E-state index contributed by atoms with van der Waals surface area (Å²) in [4.78, 5) is 3.22. The largest absolute Gasteiger partial charge is 0.479 e. The second kappa shape index (κ2) is 3.83. The smallest absolute Gasteiger partial charge is 0.280 e. The summed E-state index contributed by atoms with van der Waals surface area (Å²) >= 11 is 5.31. The number of aromatic nitrogens is 1. The Hall–Kier alpha value is -0.970. The summed E-state index contributed by atoms with van der Waals surface area (Å²) in [7, 11) is 1.12. The summed E-state index contributed by atoms with van der Waals surface area (Å²) in [6.07, 6.45) is -2.80. The van der Waals surface area contributed by atoms with Gasteiger partial charge >= 0.3 is 0 Å². The molecule has 0 N–H and O–H groups in total. The van der Waals surface area contributed by atoms with E-state index in [2.05, 4.69) is 9.72 Å². The van der Waals surface area contributed by atoms with Crippen LogP contribution in [0.15, 0.2) is 6.07 Å². The van der Waals surface area contributed by atoms with Crippen molar-refractivity contribution in [1.29, 1.82) is 0 Å². The maximum Gasteiger partial charge on any atom is 0.280 e. The van der Waals surface area contributed by atoms with E-state index in [0.29, 0.717) is 0 Å². The van der Waals surface area contributed by atoms with E-state index in [1.165, 1.54) is 0 Å². The number of nitrogens with zero attached hydrogens (tertiary/aromatic N) is 1. The first-order valence-corrected chi connectivity index (χ1v) is 3.62. The molecule has 0 aromatic carbocycles. The van der Waals surface area contributed by atoms with E-state index in [4.69, 9.17) is 11.6 Å². The lowest BCUT2D eigenvalue weighted by atomic mass is 10.3. The highest BCUT2D eigenvalue weighted by Gasteiger charge is 2.16. The van der Waals surface area contributed by atoms with Crippen LogP contribution in [0.2, 0.25) is 5.02 Å². The predicted molar refractivity (Wildman–Crippen MR) is 40.7 cm³/mol. The van der Waals surface area contributed by atoms with Gasteiger partial charge < -0.3 is 4.74 Å². The average molecular weight is 212 g/mol. The van der Waals surface area contributed by atoms with Crippen molar-refractivity contribution in [3.8, 4) is 5.88 Å². The number of hydrogen-bond donors (Lipinski definition) is 0. The normalized spacial score (nSPS) is 10.6. The molecule has 0 radical (unpaired) electrons. The molecule has 72 valence electrons. The van der Waals surface area contributed by atoms with Gasteiger partial charge in [-0.3, -0.25) is 0 Å². The van der Waals surface area contributed by atoms with Gasteiger partial charge in [-0.05, 0) is 6.07 Å². The minimum Gasteiger partial charge on any atom is -0.479 e. The van der Waals surface area contributed by atoms with Crippen LogP contribution in [0.4, 0.5) is 13.2 Å². The minimum absolute atomic E-state index is 0.429. The molecule has 0 spiro atoms. The van der Waals surface area contributed by atoms with Crippen molar-refractivity contribution in [2.45, 2.75) is 6.43 Å². The van der Waals surface area contributed by atoms with Gasteiger partial charge in [-0.15, -0.1) is 0 Å². The molecule has 2 nitrogen and oxygen atoms in total. The number of pyridine rings is 1. The molecule has 0 fully saturated rings. The topological polar surface area (TPSA) is 22.1 Å². The molecule has 1 aromatic heterocycles. The zero-order valence-electron chi connectivity index (χ0n) is 6.52. The van der Waals surface area contributed by atoms with E-state index in [1.54, 1.807) is 0 Å². The van der Waals surface area contributed by atoms with Crippen LogP contribution in [-0.2, 0) is 0 Å². The SMILES string of the molecule is COc1nc(C(F)F)cc(Cl)c1F.